The normalized spacial score (nSPS) is 20.1. The lowest BCUT2D eigenvalue weighted by atomic mass is 9.73. The highest BCUT2D eigenvalue weighted by atomic mass is 16.5. The second-order valence-electron chi connectivity index (χ2n) is 8.74. The number of hydrogen-bond donors (Lipinski definition) is 1. The molecular weight excluding hydrogens is 376 g/mol. The van der Waals surface area contributed by atoms with E-state index in [2.05, 4.69) is 19.2 Å². The second kappa shape index (κ2) is 7.63. The molecule has 0 spiro atoms. The van der Waals surface area contributed by atoms with Gasteiger partial charge >= 0.3 is 0 Å². The molecule has 30 heavy (non-hydrogen) atoms. The van der Waals surface area contributed by atoms with Gasteiger partial charge in [0, 0.05) is 30.2 Å². The molecule has 1 amide bonds. The van der Waals surface area contributed by atoms with E-state index in [0.717, 1.165) is 29.1 Å². The highest BCUT2D eigenvalue weighted by molar-refractivity contribution is 6.06. The van der Waals surface area contributed by atoms with Crippen LogP contribution < -0.4 is 15.0 Å². The second-order valence-corrected chi connectivity index (χ2v) is 8.74. The van der Waals surface area contributed by atoms with Crippen LogP contribution in [0.5, 0.6) is 5.75 Å². The van der Waals surface area contributed by atoms with E-state index >= 15 is 0 Å². The summed E-state index contributed by atoms with van der Waals surface area (Å²) >= 11 is 0. The van der Waals surface area contributed by atoms with Crippen molar-refractivity contribution < 1.29 is 14.3 Å². The van der Waals surface area contributed by atoms with Crippen LogP contribution in [0.15, 0.2) is 59.8 Å². The van der Waals surface area contributed by atoms with Crippen LogP contribution in [0, 0.1) is 5.41 Å². The van der Waals surface area contributed by atoms with Gasteiger partial charge in [-0.2, -0.15) is 0 Å². The molecule has 5 nitrogen and oxygen atoms in total. The third kappa shape index (κ3) is 3.49. The number of nitrogens with zero attached hydrogens (tertiary/aromatic N) is 1. The lowest BCUT2D eigenvalue weighted by Gasteiger charge is -2.37. The Kier molecular flexibility index (Phi) is 5.14. The summed E-state index contributed by atoms with van der Waals surface area (Å²) in [6.07, 6.45) is 1.18. The van der Waals surface area contributed by atoms with Crippen molar-refractivity contribution in [3.63, 3.8) is 0 Å². The standard InChI is InChI=1S/C25H28N2O3/c1-5-30-22-13-9-6-10-17(22)24-23-19(14-25(3,4)15-21(23)29)26-18-11-7-8-12-20(18)27(24)16(2)28/h6-13,24,26H,5,14-15H2,1-4H3/t24-/m0/s1. The number of fused-ring (bicyclic) bond motifs is 1. The van der Waals surface area contributed by atoms with Gasteiger partial charge in [0.15, 0.2) is 5.78 Å². The number of carbonyl (C=O) groups excluding carboxylic acids is 2. The third-order valence-electron chi connectivity index (χ3n) is 5.75. The smallest absolute Gasteiger partial charge is 0.224 e. The topological polar surface area (TPSA) is 58.6 Å². The molecule has 1 heterocycles. The summed E-state index contributed by atoms with van der Waals surface area (Å²) in [5, 5.41) is 3.51. The van der Waals surface area contributed by atoms with Crippen LogP contribution in [-0.2, 0) is 9.59 Å². The summed E-state index contributed by atoms with van der Waals surface area (Å²) in [5.41, 5.74) is 3.83. The number of nitrogens with one attached hydrogen (secondary N) is 1. The number of allylic oxidation sites excluding steroid dienone is 1. The first-order valence-electron chi connectivity index (χ1n) is 10.5. The molecule has 2 aliphatic rings. The summed E-state index contributed by atoms with van der Waals surface area (Å²) in [7, 11) is 0. The maximum absolute atomic E-state index is 13.5. The third-order valence-corrected chi connectivity index (χ3v) is 5.75. The number of carbonyl (C=O) groups is 2. The van der Waals surface area contributed by atoms with E-state index in [-0.39, 0.29) is 17.1 Å². The average Bonchev–Trinajstić information content (AvgIpc) is 2.81. The summed E-state index contributed by atoms with van der Waals surface area (Å²) in [4.78, 5) is 28.2. The summed E-state index contributed by atoms with van der Waals surface area (Å²) in [5.74, 6) is 0.649. The van der Waals surface area contributed by atoms with Crippen molar-refractivity contribution >= 4 is 23.1 Å². The maximum Gasteiger partial charge on any atom is 0.224 e. The van der Waals surface area contributed by atoms with Crippen molar-refractivity contribution in [2.24, 2.45) is 5.41 Å². The first kappa shape index (κ1) is 20.2. The molecule has 0 saturated heterocycles. The van der Waals surface area contributed by atoms with E-state index in [0.29, 0.717) is 24.4 Å². The Morgan fingerprint density at radius 1 is 1.13 bits per heavy atom. The van der Waals surface area contributed by atoms with Gasteiger partial charge in [0.2, 0.25) is 5.91 Å². The number of rotatable bonds is 3. The molecule has 0 radical (unpaired) electrons. The van der Waals surface area contributed by atoms with Gasteiger partial charge in [0.1, 0.15) is 5.75 Å². The summed E-state index contributed by atoms with van der Waals surface area (Å²) in [6, 6.07) is 14.9. The van der Waals surface area contributed by atoms with Gasteiger partial charge in [-0.25, -0.2) is 0 Å². The van der Waals surface area contributed by atoms with Crippen molar-refractivity contribution in [2.45, 2.75) is 46.6 Å². The Morgan fingerprint density at radius 3 is 2.57 bits per heavy atom. The fraction of sp³-hybridized carbons (Fsp3) is 0.360. The largest absolute Gasteiger partial charge is 0.494 e. The first-order valence-corrected chi connectivity index (χ1v) is 10.5. The molecule has 2 aromatic rings. The van der Waals surface area contributed by atoms with E-state index in [1.54, 1.807) is 11.8 Å². The van der Waals surface area contributed by atoms with Gasteiger partial charge in [-0.1, -0.05) is 44.2 Å². The van der Waals surface area contributed by atoms with Gasteiger partial charge in [0.05, 0.1) is 24.0 Å². The fourth-order valence-corrected chi connectivity index (χ4v) is 4.62. The highest BCUT2D eigenvalue weighted by Gasteiger charge is 2.43. The number of hydrogen-bond acceptors (Lipinski definition) is 4. The predicted octanol–water partition coefficient (Wildman–Crippen LogP) is 5.25. The Hall–Kier alpha value is -3.08. The predicted molar refractivity (Wildman–Crippen MR) is 119 cm³/mol. The maximum atomic E-state index is 13.5. The van der Waals surface area contributed by atoms with E-state index in [9.17, 15) is 9.59 Å². The minimum Gasteiger partial charge on any atom is -0.494 e. The average molecular weight is 405 g/mol. The van der Waals surface area contributed by atoms with E-state index in [4.69, 9.17) is 4.74 Å². The minimum atomic E-state index is -0.542. The van der Waals surface area contributed by atoms with Gasteiger partial charge in [-0.3, -0.25) is 14.5 Å². The molecule has 0 aromatic heterocycles. The molecule has 0 saturated carbocycles. The SMILES string of the molecule is CCOc1ccccc1[C@H]1C2=C(CC(C)(C)CC2=O)Nc2ccccc2N1C(C)=O. The van der Waals surface area contributed by atoms with Crippen molar-refractivity contribution in [2.75, 3.05) is 16.8 Å². The summed E-state index contributed by atoms with van der Waals surface area (Å²) in [6.45, 7) is 8.21. The number of benzene rings is 2. The first-order chi connectivity index (χ1) is 14.3. The molecule has 1 aliphatic carbocycles. The van der Waals surface area contributed by atoms with E-state index in [1.807, 2.05) is 55.5 Å². The van der Waals surface area contributed by atoms with Crippen LogP contribution in [0.4, 0.5) is 11.4 Å². The molecule has 5 heteroatoms. The van der Waals surface area contributed by atoms with Gasteiger partial charge in [0.25, 0.3) is 0 Å². The Morgan fingerprint density at radius 2 is 1.83 bits per heavy atom. The molecule has 156 valence electrons. The zero-order valence-corrected chi connectivity index (χ0v) is 18.0. The number of ketones is 1. The van der Waals surface area contributed by atoms with Crippen molar-refractivity contribution in [3.8, 4) is 5.75 Å². The molecule has 1 aliphatic heterocycles. The Balaban J connectivity index is 2.02. The molecule has 1 atom stereocenters. The number of amides is 1. The molecule has 0 bridgehead atoms. The van der Waals surface area contributed by atoms with Crippen LogP contribution in [0.3, 0.4) is 0 Å². The quantitative estimate of drug-likeness (QED) is 0.759. The molecule has 1 N–H and O–H groups in total. The zero-order valence-electron chi connectivity index (χ0n) is 18.0. The number of ether oxygens (including phenoxy) is 1. The molecule has 0 fully saturated rings. The van der Waals surface area contributed by atoms with Crippen molar-refractivity contribution in [1.82, 2.24) is 0 Å². The number of para-hydroxylation sites is 3. The highest BCUT2D eigenvalue weighted by Crippen LogP contribution is 2.49. The van der Waals surface area contributed by atoms with Gasteiger partial charge in [-0.05, 0) is 37.0 Å². The number of Topliss-reactive ketones (excluding diaryl/α,β-unsaturated/α-hetero) is 1. The van der Waals surface area contributed by atoms with Crippen molar-refractivity contribution in [1.29, 1.82) is 0 Å². The molecular formula is C25H28N2O3. The Bertz CT molecular complexity index is 1040. The van der Waals surface area contributed by atoms with Gasteiger partial charge in [-0.15, -0.1) is 0 Å². The molecule has 4 rings (SSSR count). The van der Waals surface area contributed by atoms with Crippen LogP contribution >= 0.6 is 0 Å². The van der Waals surface area contributed by atoms with Crippen LogP contribution in [0.2, 0.25) is 0 Å². The lowest BCUT2D eigenvalue weighted by molar-refractivity contribution is -0.118. The fourth-order valence-electron chi connectivity index (χ4n) is 4.62. The lowest BCUT2D eigenvalue weighted by Crippen LogP contribution is -2.38. The number of anilines is 2. The van der Waals surface area contributed by atoms with Crippen molar-refractivity contribution in [3.05, 3.63) is 65.4 Å². The van der Waals surface area contributed by atoms with E-state index < -0.39 is 6.04 Å². The van der Waals surface area contributed by atoms with Crippen LogP contribution in [-0.4, -0.2) is 18.3 Å². The Labute approximate surface area is 177 Å². The zero-order chi connectivity index (χ0) is 21.5. The molecule has 2 aromatic carbocycles. The minimum absolute atomic E-state index is 0.0732. The van der Waals surface area contributed by atoms with Crippen LogP contribution in [0.25, 0.3) is 0 Å². The summed E-state index contributed by atoms with van der Waals surface area (Å²) < 4.78 is 5.91. The van der Waals surface area contributed by atoms with Gasteiger partial charge < -0.3 is 10.1 Å². The monoisotopic (exact) mass is 404 g/mol. The van der Waals surface area contributed by atoms with E-state index in [1.165, 1.54) is 0 Å². The van der Waals surface area contributed by atoms with Crippen LogP contribution in [0.1, 0.15) is 52.1 Å². The molecule has 0 unspecified atom stereocenters.